The molecule has 0 radical (unpaired) electrons. The lowest BCUT2D eigenvalue weighted by Crippen LogP contribution is -2.26. The van der Waals surface area contributed by atoms with Crippen LogP contribution in [-0.2, 0) is 4.79 Å². The van der Waals surface area contributed by atoms with Gasteiger partial charge in [-0.05, 0) is 56.2 Å². The summed E-state index contributed by atoms with van der Waals surface area (Å²) < 4.78 is 7.48. The van der Waals surface area contributed by atoms with Gasteiger partial charge in [0.25, 0.3) is 5.56 Å². The van der Waals surface area contributed by atoms with E-state index in [4.69, 9.17) is 16.1 Å². The Morgan fingerprint density at radius 2 is 1.89 bits per heavy atom. The van der Waals surface area contributed by atoms with Gasteiger partial charge in [0.05, 0.1) is 17.0 Å². The highest BCUT2D eigenvalue weighted by Crippen LogP contribution is 2.34. The van der Waals surface area contributed by atoms with Gasteiger partial charge in [-0.3, -0.25) is 9.59 Å². The van der Waals surface area contributed by atoms with Crippen molar-refractivity contribution in [3.05, 3.63) is 69.4 Å². The van der Waals surface area contributed by atoms with E-state index in [0.29, 0.717) is 35.4 Å². The number of anilines is 1. The maximum absolute atomic E-state index is 12.9. The van der Waals surface area contributed by atoms with E-state index in [0.717, 1.165) is 48.0 Å². The lowest BCUT2D eigenvalue weighted by atomic mass is 10.1. The molecule has 1 amide bonds. The van der Waals surface area contributed by atoms with E-state index in [1.807, 2.05) is 34.9 Å². The fraction of sp³-hybridized carbons (Fsp3) is 0.346. The molecule has 35 heavy (non-hydrogen) atoms. The number of halogens is 1. The van der Waals surface area contributed by atoms with Crippen molar-refractivity contribution in [1.82, 2.24) is 19.7 Å². The topological polar surface area (TPSA) is 94.1 Å². The SMILES string of the molecule is Cc1nc2cc(-c3noc(C4CC(=O)N(c5cccc(Cl)c5)C4)n3)ccc2n(C2CCCC2)c1=O. The van der Waals surface area contributed by atoms with Crippen molar-refractivity contribution in [2.45, 2.75) is 51.0 Å². The standard InChI is InChI=1S/C26H24ClN5O3/c1-15-26(34)32(19-6-2-3-7-19)22-10-9-16(11-21(22)28-15)24-29-25(35-30-24)17-12-23(33)31(14-17)20-8-4-5-18(27)13-20/h4-5,8-11,13,17,19H,2-3,6-7,12,14H2,1H3. The first-order chi connectivity index (χ1) is 17.0. The van der Waals surface area contributed by atoms with Crippen LogP contribution in [0, 0.1) is 6.92 Å². The van der Waals surface area contributed by atoms with Crippen LogP contribution in [0.15, 0.2) is 51.8 Å². The van der Waals surface area contributed by atoms with Crippen molar-refractivity contribution in [3.63, 3.8) is 0 Å². The zero-order valence-corrected chi connectivity index (χ0v) is 20.0. The number of nitrogens with zero attached hydrogens (tertiary/aromatic N) is 5. The molecule has 6 rings (SSSR count). The molecule has 3 heterocycles. The van der Waals surface area contributed by atoms with Crippen LogP contribution in [0.5, 0.6) is 0 Å². The van der Waals surface area contributed by atoms with E-state index in [2.05, 4.69) is 15.1 Å². The van der Waals surface area contributed by atoms with Crippen LogP contribution in [0.2, 0.25) is 5.02 Å². The minimum Gasteiger partial charge on any atom is -0.339 e. The number of hydrogen-bond donors (Lipinski definition) is 0. The van der Waals surface area contributed by atoms with Gasteiger partial charge in [0.2, 0.25) is 17.6 Å². The molecule has 0 spiro atoms. The van der Waals surface area contributed by atoms with Crippen molar-refractivity contribution in [3.8, 4) is 11.4 Å². The van der Waals surface area contributed by atoms with Crippen LogP contribution in [0.3, 0.4) is 0 Å². The minimum absolute atomic E-state index is 0.00715. The number of aryl methyl sites for hydroxylation is 1. The van der Waals surface area contributed by atoms with Crippen LogP contribution in [0.1, 0.15) is 55.6 Å². The molecule has 0 N–H and O–H groups in total. The first kappa shape index (κ1) is 22.0. The van der Waals surface area contributed by atoms with Gasteiger partial charge in [0, 0.05) is 35.3 Å². The number of hydrogen-bond acceptors (Lipinski definition) is 6. The van der Waals surface area contributed by atoms with E-state index in [-0.39, 0.29) is 23.4 Å². The molecule has 0 bridgehead atoms. The normalized spacial score (nSPS) is 18.7. The third-order valence-electron chi connectivity index (χ3n) is 7.04. The van der Waals surface area contributed by atoms with Crippen molar-refractivity contribution >= 4 is 34.2 Å². The number of fused-ring (bicyclic) bond motifs is 1. The molecule has 1 aliphatic carbocycles. The summed E-state index contributed by atoms with van der Waals surface area (Å²) in [4.78, 5) is 36.4. The van der Waals surface area contributed by atoms with Crippen molar-refractivity contribution in [2.75, 3.05) is 11.4 Å². The Kier molecular flexibility index (Phi) is 5.40. The Balaban J connectivity index is 1.30. The maximum atomic E-state index is 12.9. The molecule has 2 aromatic heterocycles. The third kappa shape index (κ3) is 3.91. The zero-order chi connectivity index (χ0) is 24.1. The molecule has 8 nitrogen and oxygen atoms in total. The van der Waals surface area contributed by atoms with Crippen LogP contribution in [0.25, 0.3) is 22.4 Å². The average Bonchev–Trinajstić information content (AvgIpc) is 3.61. The van der Waals surface area contributed by atoms with Gasteiger partial charge in [0.1, 0.15) is 5.69 Å². The van der Waals surface area contributed by atoms with Gasteiger partial charge in [-0.15, -0.1) is 0 Å². The monoisotopic (exact) mass is 489 g/mol. The Labute approximate surface area is 206 Å². The quantitative estimate of drug-likeness (QED) is 0.398. The number of rotatable bonds is 4. The number of carbonyl (C=O) groups excluding carboxylic acids is 1. The molecule has 1 saturated carbocycles. The summed E-state index contributed by atoms with van der Waals surface area (Å²) in [6, 6.07) is 13.2. The minimum atomic E-state index is -0.198. The summed E-state index contributed by atoms with van der Waals surface area (Å²) in [5.41, 5.74) is 3.55. The molecule has 2 aliphatic rings. The van der Waals surface area contributed by atoms with Gasteiger partial charge >= 0.3 is 0 Å². The molecule has 1 saturated heterocycles. The second-order valence-corrected chi connectivity index (χ2v) is 9.79. The number of amides is 1. The molecular formula is C26H24ClN5O3. The average molecular weight is 490 g/mol. The van der Waals surface area contributed by atoms with Gasteiger partial charge in [-0.25, -0.2) is 4.98 Å². The van der Waals surface area contributed by atoms with Crippen LogP contribution in [0.4, 0.5) is 5.69 Å². The van der Waals surface area contributed by atoms with Crippen LogP contribution >= 0.6 is 11.6 Å². The fourth-order valence-corrected chi connectivity index (χ4v) is 5.46. The van der Waals surface area contributed by atoms with Gasteiger partial charge in [-0.2, -0.15) is 4.98 Å². The molecule has 2 aromatic carbocycles. The highest BCUT2D eigenvalue weighted by molar-refractivity contribution is 6.30. The van der Waals surface area contributed by atoms with E-state index in [1.54, 1.807) is 24.0 Å². The van der Waals surface area contributed by atoms with Crippen molar-refractivity contribution in [1.29, 1.82) is 0 Å². The van der Waals surface area contributed by atoms with E-state index >= 15 is 0 Å². The molecular weight excluding hydrogens is 466 g/mol. The van der Waals surface area contributed by atoms with E-state index in [1.165, 1.54) is 0 Å². The second-order valence-electron chi connectivity index (χ2n) is 9.36. The smallest absolute Gasteiger partial charge is 0.272 e. The molecule has 2 fully saturated rings. The first-order valence-corrected chi connectivity index (χ1v) is 12.3. The van der Waals surface area contributed by atoms with Crippen LogP contribution < -0.4 is 10.5 Å². The lowest BCUT2D eigenvalue weighted by Gasteiger charge is -2.17. The second kappa shape index (κ2) is 8.61. The van der Waals surface area contributed by atoms with Crippen molar-refractivity contribution < 1.29 is 9.32 Å². The summed E-state index contributed by atoms with van der Waals surface area (Å²) in [7, 11) is 0. The van der Waals surface area contributed by atoms with Gasteiger partial charge in [0.15, 0.2) is 0 Å². The van der Waals surface area contributed by atoms with Crippen LogP contribution in [-0.4, -0.2) is 32.1 Å². The summed E-state index contributed by atoms with van der Waals surface area (Å²) >= 11 is 6.10. The van der Waals surface area contributed by atoms with E-state index < -0.39 is 0 Å². The first-order valence-electron chi connectivity index (χ1n) is 11.9. The summed E-state index contributed by atoms with van der Waals surface area (Å²) in [6.07, 6.45) is 4.60. The predicted octanol–water partition coefficient (Wildman–Crippen LogP) is 5.04. The molecule has 1 unspecified atom stereocenters. The molecule has 9 heteroatoms. The Hall–Kier alpha value is -3.52. The Bertz CT molecular complexity index is 1500. The molecule has 178 valence electrons. The summed E-state index contributed by atoms with van der Waals surface area (Å²) in [5.74, 6) is 0.662. The lowest BCUT2D eigenvalue weighted by molar-refractivity contribution is -0.117. The highest BCUT2D eigenvalue weighted by Gasteiger charge is 2.35. The molecule has 4 aromatic rings. The van der Waals surface area contributed by atoms with Gasteiger partial charge < -0.3 is 14.0 Å². The Morgan fingerprint density at radius 3 is 2.69 bits per heavy atom. The third-order valence-corrected chi connectivity index (χ3v) is 7.27. The highest BCUT2D eigenvalue weighted by atomic mass is 35.5. The Morgan fingerprint density at radius 1 is 1.06 bits per heavy atom. The molecule has 1 atom stereocenters. The number of carbonyl (C=O) groups is 1. The summed E-state index contributed by atoms with van der Waals surface area (Å²) in [5, 5.41) is 4.76. The van der Waals surface area contributed by atoms with E-state index in [9.17, 15) is 9.59 Å². The predicted molar refractivity (Wildman–Crippen MR) is 133 cm³/mol. The summed E-state index contributed by atoms with van der Waals surface area (Å²) in [6.45, 7) is 2.21. The van der Waals surface area contributed by atoms with Gasteiger partial charge in [-0.1, -0.05) is 35.7 Å². The van der Waals surface area contributed by atoms with Crippen molar-refractivity contribution in [2.24, 2.45) is 0 Å². The zero-order valence-electron chi connectivity index (χ0n) is 19.3. The number of aromatic nitrogens is 4. The number of benzene rings is 2. The largest absolute Gasteiger partial charge is 0.339 e. The fourth-order valence-electron chi connectivity index (χ4n) is 5.28. The molecule has 1 aliphatic heterocycles. The maximum Gasteiger partial charge on any atom is 0.272 e.